The van der Waals surface area contributed by atoms with Crippen LogP contribution in [0.4, 0.5) is 10.2 Å². The number of anilines is 1. The number of benzene rings is 1. The van der Waals surface area contributed by atoms with Crippen LogP contribution in [0.1, 0.15) is 91.0 Å². The monoisotopic (exact) mass is 1050 g/mol. The van der Waals surface area contributed by atoms with Crippen molar-refractivity contribution in [3.63, 3.8) is 0 Å². The van der Waals surface area contributed by atoms with Crippen LogP contribution >= 0.6 is 18.3 Å². The fraction of sp³-hybridized carbons (Fsp3) is 0.558. The highest BCUT2D eigenvalue weighted by Gasteiger charge is 2.60. The van der Waals surface area contributed by atoms with Crippen molar-refractivity contribution in [2.45, 2.75) is 133 Å². The third-order valence-corrected chi connectivity index (χ3v) is 24.8. The zero-order chi connectivity index (χ0) is 50.0. The summed E-state index contributed by atoms with van der Waals surface area (Å²) in [5.74, 6) is -0.298. The van der Waals surface area contributed by atoms with Gasteiger partial charge in [0.1, 0.15) is 36.2 Å². The number of carbonyl (C=O) groups excluding carboxylic acids is 1. The van der Waals surface area contributed by atoms with E-state index in [4.69, 9.17) is 55.0 Å². The number of aromatic nitrogens is 7. The van der Waals surface area contributed by atoms with E-state index in [1.54, 1.807) is 30.3 Å². The van der Waals surface area contributed by atoms with Gasteiger partial charge in [-0.25, -0.2) is 24.3 Å². The van der Waals surface area contributed by atoms with E-state index in [1.165, 1.54) is 34.3 Å². The summed E-state index contributed by atoms with van der Waals surface area (Å²) in [7, 11) is -7.13. The van der Waals surface area contributed by atoms with E-state index in [9.17, 15) is 24.8 Å². The van der Waals surface area contributed by atoms with E-state index >= 15 is 4.39 Å². The lowest BCUT2D eigenvalue weighted by Gasteiger charge is -2.47. The van der Waals surface area contributed by atoms with Gasteiger partial charge < -0.3 is 51.8 Å². The smallest absolute Gasteiger partial charge is 0.335 e. The van der Waals surface area contributed by atoms with Gasteiger partial charge in [-0.2, -0.15) is 5.26 Å². The molecule has 2 aliphatic rings. The van der Waals surface area contributed by atoms with Crippen LogP contribution in [0.2, 0.25) is 27.2 Å². The Morgan fingerprint density at radius 2 is 1.72 bits per heavy atom. The van der Waals surface area contributed by atoms with E-state index in [1.807, 2.05) is 61.5 Å². The molecule has 20 nitrogen and oxygen atoms in total. The van der Waals surface area contributed by atoms with Crippen molar-refractivity contribution in [2.75, 3.05) is 25.1 Å². The van der Waals surface area contributed by atoms with Gasteiger partial charge in [-0.05, 0) is 46.1 Å². The second-order valence-corrected chi connectivity index (χ2v) is 30.1. The molecule has 2 fully saturated rings. The molecule has 374 valence electrons. The largest absolute Gasteiger partial charge is 0.414 e. The molecule has 1 unspecified atom stereocenters. The number of hydrogen-bond donors (Lipinski definition) is 4. The Kier molecular flexibility index (Phi) is 16.7. The SMILES string of the molecule is CC(C)[Si](O)(O[Si](O[C@H]1[C@@H](OP(=S)(OCCC#N)OC[C@H]2C[C@@H](F)[C@H](n3cnc4c(NC(=O)c5ccccc5)ncnc43)O2)[C@H](n2cc(Cl)c3c(=O)[nH]cnc32)O[C@@H]1CO)(C(C)C)C(C)C)C(C)C. The number of amides is 1. The molecule has 6 heterocycles. The lowest BCUT2D eigenvalue weighted by molar-refractivity contribution is -0.0532. The van der Waals surface area contributed by atoms with E-state index in [0.717, 1.165) is 0 Å². The summed E-state index contributed by atoms with van der Waals surface area (Å²) >= 11 is 12.8. The van der Waals surface area contributed by atoms with E-state index in [2.05, 4.69) is 30.2 Å². The van der Waals surface area contributed by atoms with Crippen molar-refractivity contribution < 1.29 is 50.7 Å². The Labute approximate surface area is 410 Å². The van der Waals surface area contributed by atoms with Gasteiger partial charge in [0.15, 0.2) is 35.1 Å². The number of imidazole rings is 1. The number of fused-ring (bicyclic) bond motifs is 2. The number of nitriles is 1. The van der Waals surface area contributed by atoms with Crippen LogP contribution in [0.15, 0.2) is 60.3 Å². The number of aliphatic hydroxyl groups excluding tert-OH is 1. The van der Waals surface area contributed by atoms with Gasteiger partial charge >= 0.3 is 23.8 Å². The average Bonchev–Trinajstić information content (AvgIpc) is 4.08. The number of hydrogen-bond acceptors (Lipinski definition) is 17. The number of rotatable bonds is 21. The van der Waals surface area contributed by atoms with Crippen molar-refractivity contribution in [1.82, 2.24) is 34.1 Å². The molecule has 0 saturated carbocycles. The first-order valence-electron chi connectivity index (χ1n) is 22.7. The van der Waals surface area contributed by atoms with Gasteiger partial charge in [0.25, 0.3) is 11.5 Å². The van der Waals surface area contributed by atoms with Crippen molar-refractivity contribution in [3.8, 4) is 6.07 Å². The Morgan fingerprint density at radius 1 is 1.01 bits per heavy atom. The van der Waals surface area contributed by atoms with E-state index in [-0.39, 0.29) is 81.3 Å². The van der Waals surface area contributed by atoms with Crippen LogP contribution in [0.25, 0.3) is 22.2 Å². The lowest BCUT2D eigenvalue weighted by Crippen LogP contribution is -2.62. The third-order valence-electron chi connectivity index (χ3n) is 12.4. The molecular formula is C43H58ClFN9O11PSSi2. The summed E-state index contributed by atoms with van der Waals surface area (Å²) in [6.07, 6.45) is -3.63. The molecule has 1 amide bonds. The first kappa shape index (κ1) is 52.9. The van der Waals surface area contributed by atoms with Crippen LogP contribution in [0, 0.1) is 11.3 Å². The Morgan fingerprint density at radius 3 is 2.38 bits per heavy atom. The minimum Gasteiger partial charge on any atom is -0.414 e. The number of carbonyl (C=O) groups is 1. The van der Waals surface area contributed by atoms with Crippen LogP contribution in [-0.4, -0.2) is 117 Å². The number of nitrogens with zero attached hydrogens (tertiary/aromatic N) is 7. The highest BCUT2D eigenvalue weighted by Crippen LogP contribution is 2.56. The molecule has 7 rings (SSSR count). The molecule has 0 aliphatic carbocycles. The minimum atomic E-state index is -4.06. The molecular weight excluding hydrogens is 992 g/mol. The van der Waals surface area contributed by atoms with E-state index in [0.29, 0.717) is 5.56 Å². The zero-order valence-electron chi connectivity index (χ0n) is 39.4. The summed E-state index contributed by atoms with van der Waals surface area (Å²) in [4.78, 5) is 58.2. The Bertz CT molecular complexity index is 2730. The maximum Gasteiger partial charge on any atom is 0.335 e. The summed E-state index contributed by atoms with van der Waals surface area (Å²) in [6, 6.07) is 10.6. The fourth-order valence-corrected chi connectivity index (χ4v) is 21.0. The van der Waals surface area contributed by atoms with Crippen molar-refractivity contribution in [1.29, 1.82) is 5.26 Å². The fourth-order valence-electron chi connectivity index (χ4n) is 8.72. The zero-order valence-corrected chi connectivity index (χ0v) is 43.9. The molecule has 8 atom stereocenters. The molecule has 26 heteroatoms. The van der Waals surface area contributed by atoms with Crippen LogP contribution in [0.3, 0.4) is 0 Å². The maximum absolute atomic E-state index is 16.1. The van der Waals surface area contributed by atoms with Gasteiger partial charge in [0.2, 0.25) is 0 Å². The molecule has 0 radical (unpaired) electrons. The minimum absolute atomic E-state index is 0.0490. The maximum atomic E-state index is 16.1. The first-order chi connectivity index (χ1) is 32.8. The van der Waals surface area contributed by atoms with Crippen LogP contribution in [-0.2, 0) is 43.4 Å². The third kappa shape index (κ3) is 10.8. The summed E-state index contributed by atoms with van der Waals surface area (Å²) in [5.41, 5.74) is -0.556. The summed E-state index contributed by atoms with van der Waals surface area (Å²) in [6.45, 7) is 10.3. The summed E-state index contributed by atoms with van der Waals surface area (Å²) in [5, 5.41) is 23.4. The average molecular weight is 1050 g/mol. The van der Waals surface area contributed by atoms with Gasteiger partial charge in [-0.15, -0.1) is 0 Å². The number of ether oxygens (including phenoxy) is 2. The van der Waals surface area contributed by atoms with Crippen molar-refractivity contribution in [2.24, 2.45) is 0 Å². The quantitative estimate of drug-likeness (QED) is 0.0316. The van der Waals surface area contributed by atoms with Gasteiger partial charge in [-0.1, -0.05) is 85.2 Å². The molecule has 69 heavy (non-hydrogen) atoms. The van der Waals surface area contributed by atoms with Crippen molar-refractivity contribution in [3.05, 3.63) is 76.5 Å². The lowest BCUT2D eigenvalue weighted by atomic mass is 10.1. The molecule has 0 bridgehead atoms. The normalized spacial score (nSPS) is 23.2. The molecule has 0 spiro atoms. The molecule has 4 N–H and O–H groups in total. The molecule has 4 aromatic heterocycles. The first-order valence-corrected chi connectivity index (χ1v) is 29.6. The molecule has 1 aromatic carbocycles. The predicted octanol–water partition coefficient (Wildman–Crippen LogP) is 7.46. The van der Waals surface area contributed by atoms with Crippen molar-refractivity contribution >= 4 is 81.2 Å². The van der Waals surface area contributed by atoms with Gasteiger partial charge in [0.05, 0.1) is 56.1 Å². The van der Waals surface area contributed by atoms with E-state index < -0.39 is 85.0 Å². The number of halogens is 2. The van der Waals surface area contributed by atoms with Gasteiger partial charge in [-0.3, -0.25) is 18.7 Å². The molecule has 2 saturated heterocycles. The van der Waals surface area contributed by atoms with Gasteiger partial charge in [0, 0.05) is 18.2 Å². The number of H-pyrrole nitrogens is 1. The number of alkyl halides is 1. The standard InChI is InChI=1S/C43H58ClFN9O11PSSi2/c1-24(2)68(58,25(3)4)65-69(26(5)6,27(7)8)64-35-32(19-55)62-43(53-18-30(44)33-38(53)48-22-50-41(33)57)36(35)63-66(67,59-16-12-15-46)60-20-29-17-31(45)42(61-29)54-23-51-34-37(47-21-49-39(34)54)52-40(56)28-13-10-9-11-14-28/h9-11,13-14,18,21-27,29,31-32,35-36,42-43,55,58H,12,16-17,19-20H2,1-8H3,(H,48,50,57)(H,47,49,52,56)/t29-,31-,32-,35-,36-,42-,43-,66?/m1/s1. The Balaban J connectivity index is 1.21. The predicted molar refractivity (Wildman–Crippen MR) is 261 cm³/mol. The highest BCUT2D eigenvalue weighted by molar-refractivity contribution is 8.07. The van der Waals surface area contributed by atoms with Crippen LogP contribution in [0.5, 0.6) is 0 Å². The number of aliphatic hydroxyl groups is 1. The second kappa shape index (κ2) is 21.8. The summed E-state index contributed by atoms with van der Waals surface area (Å²) < 4.78 is 65.5. The molecule has 5 aromatic rings. The van der Waals surface area contributed by atoms with Crippen LogP contribution < -0.4 is 10.9 Å². The number of nitrogens with one attached hydrogen (secondary N) is 2. The second-order valence-electron chi connectivity index (χ2n) is 18.2. The topological polar surface area (TPSA) is 252 Å². The molecule has 2 aliphatic heterocycles. The number of aromatic amines is 1. The highest BCUT2D eigenvalue weighted by atomic mass is 35.5. The Hall–Kier alpha value is -3.91.